The molecule has 0 aromatic heterocycles. The Labute approximate surface area is 160 Å². The van der Waals surface area contributed by atoms with E-state index >= 15 is 0 Å². The highest BCUT2D eigenvalue weighted by atomic mass is 16.5. The van der Waals surface area contributed by atoms with Gasteiger partial charge in [0.2, 0.25) is 0 Å². The van der Waals surface area contributed by atoms with Crippen LogP contribution in [0.3, 0.4) is 0 Å². The average Bonchev–Trinajstić information content (AvgIpc) is 2.71. The second-order valence-electron chi connectivity index (χ2n) is 6.51. The summed E-state index contributed by atoms with van der Waals surface area (Å²) in [6.45, 7) is 4.11. The van der Waals surface area contributed by atoms with Gasteiger partial charge in [0.15, 0.2) is 6.61 Å². The summed E-state index contributed by atoms with van der Waals surface area (Å²) in [5.74, 6) is -0.219. The van der Waals surface area contributed by atoms with Crippen molar-refractivity contribution < 1.29 is 19.1 Å². The van der Waals surface area contributed by atoms with Crippen LogP contribution in [0.1, 0.15) is 37.3 Å². The van der Waals surface area contributed by atoms with Gasteiger partial charge in [-0.3, -0.25) is 9.59 Å². The van der Waals surface area contributed by atoms with Crippen molar-refractivity contribution in [3.63, 3.8) is 0 Å². The fraction of sp³-hybridized carbons (Fsp3) is 0.364. The summed E-state index contributed by atoms with van der Waals surface area (Å²) in [4.78, 5) is 24.6. The largest absolute Gasteiger partial charge is 0.497 e. The second-order valence-corrected chi connectivity index (χ2v) is 6.51. The van der Waals surface area contributed by atoms with Crippen molar-refractivity contribution in [1.82, 2.24) is 5.32 Å². The molecule has 2 unspecified atom stereocenters. The molecule has 2 aromatic rings. The zero-order chi connectivity index (χ0) is 19.6. The van der Waals surface area contributed by atoms with Crippen molar-refractivity contribution in [2.45, 2.75) is 32.7 Å². The van der Waals surface area contributed by atoms with Crippen LogP contribution in [0.25, 0.3) is 0 Å². The molecule has 27 heavy (non-hydrogen) atoms. The van der Waals surface area contributed by atoms with Gasteiger partial charge in [0, 0.05) is 6.54 Å². The molecule has 0 aliphatic rings. The minimum atomic E-state index is -0.373. The number of ether oxygens (including phenoxy) is 2. The first kappa shape index (κ1) is 20.5. The Morgan fingerprint density at radius 2 is 1.81 bits per heavy atom. The first-order valence-corrected chi connectivity index (χ1v) is 9.16. The van der Waals surface area contributed by atoms with Crippen LogP contribution in [0.15, 0.2) is 54.6 Å². The van der Waals surface area contributed by atoms with Crippen molar-refractivity contribution >= 4 is 11.9 Å². The highest BCUT2D eigenvalue weighted by molar-refractivity contribution is 5.83. The molecule has 0 fully saturated rings. The van der Waals surface area contributed by atoms with Gasteiger partial charge in [-0.2, -0.15) is 0 Å². The molecule has 5 nitrogen and oxygen atoms in total. The van der Waals surface area contributed by atoms with Crippen LogP contribution in [-0.2, 0) is 20.9 Å². The maximum atomic E-state index is 12.6. The van der Waals surface area contributed by atoms with E-state index in [0.29, 0.717) is 6.54 Å². The lowest BCUT2D eigenvalue weighted by Gasteiger charge is -2.21. The topological polar surface area (TPSA) is 64.6 Å². The molecular weight excluding hydrogens is 342 g/mol. The van der Waals surface area contributed by atoms with E-state index in [9.17, 15) is 9.59 Å². The number of nitrogens with one attached hydrogen (secondary N) is 1. The van der Waals surface area contributed by atoms with Gasteiger partial charge < -0.3 is 14.8 Å². The fourth-order valence-electron chi connectivity index (χ4n) is 2.85. The third-order valence-corrected chi connectivity index (χ3v) is 4.59. The molecule has 0 saturated heterocycles. The number of carbonyl (C=O) groups excluding carboxylic acids is 2. The predicted octanol–water partition coefficient (Wildman–Crippen LogP) is 3.68. The molecular formula is C22H27NO4. The van der Waals surface area contributed by atoms with Gasteiger partial charge in [0.1, 0.15) is 5.75 Å². The summed E-state index contributed by atoms with van der Waals surface area (Å²) in [5.41, 5.74) is 1.82. The first-order chi connectivity index (χ1) is 13.0. The summed E-state index contributed by atoms with van der Waals surface area (Å²) in [5, 5.41) is 2.76. The molecule has 0 saturated carbocycles. The number of amides is 1. The molecule has 144 valence electrons. The third-order valence-electron chi connectivity index (χ3n) is 4.59. The van der Waals surface area contributed by atoms with Crippen molar-refractivity contribution in [1.29, 1.82) is 0 Å². The zero-order valence-corrected chi connectivity index (χ0v) is 16.1. The number of carbonyl (C=O) groups is 2. The molecule has 5 heteroatoms. The van der Waals surface area contributed by atoms with Crippen LogP contribution in [0.2, 0.25) is 0 Å². The minimum Gasteiger partial charge on any atom is -0.497 e. The van der Waals surface area contributed by atoms with E-state index in [-0.39, 0.29) is 30.3 Å². The van der Waals surface area contributed by atoms with Gasteiger partial charge in [-0.15, -0.1) is 0 Å². The zero-order valence-electron chi connectivity index (χ0n) is 16.1. The van der Waals surface area contributed by atoms with Crippen molar-refractivity contribution in [2.75, 3.05) is 13.7 Å². The van der Waals surface area contributed by atoms with E-state index < -0.39 is 0 Å². The fourth-order valence-corrected chi connectivity index (χ4v) is 2.85. The van der Waals surface area contributed by atoms with Gasteiger partial charge in [-0.05, 0) is 29.2 Å². The van der Waals surface area contributed by atoms with E-state index in [0.717, 1.165) is 23.3 Å². The summed E-state index contributed by atoms with van der Waals surface area (Å²) >= 11 is 0. The Hall–Kier alpha value is -2.82. The van der Waals surface area contributed by atoms with E-state index in [1.807, 2.05) is 68.4 Å². The number of methoxy groups -OCH3 is 1. The standard InChI is InChI=1S/C22H27NO4/c1-4-16(2)21(18-10-6-5-7-11-18)22(25)27-15-20(24)23-14-17-9-8-12-19(13-17)26-3/h5-13,16,21H,4,14-15H2,1-3H3,(H,23,24). The van der Waals surface area contributed by atoms with Crippen LogP contribution in [0.5, 0.6) is 5.75 Å². The Morgan fingerprint density at radius 1 is 1.07 bits per heavy atom. The lowest BCUT2D eigenvalue weighted by atomic mass is 9.86. The van der Waals surface area contributed by atoms with Gasteiger partial charge in [-0.25, -0.2) is 0 Å². The minimum absolute atomic E-state index is 0.125. The van der Waals surface area contributed by atoms with Crippen LogP contribution in [0, 0.1) is 5.92 Å². The monoisotopic (exact) mass is 369 g/mol. The normalized spacial score (nSPS) is 12.7. The highest BCUT2D eigenvalue weighted by Crippen LogP contribution is 2.28. The Balaban J connectivity index is 1.89. The number of hydrogen-bond acceptors (Lipinski definition) is 4. The maximum Gasteiger partial charge on any atom is 0.314 e. The smallest absolute Gasteiger partial charge is 0.314 e. The Morgan fingerprint density at radius 3 is 2.48 bits per heavy atom. The Bertz CT molecular complexity index is 745. The Kier molecular flexibility index (Phi) is 7.86. The van der Waals surface area contributed by atoms with Crippen molar-refractivity contribution in [3.05, 3.63) is 65.7 Å². The highest BCUT2D eigenvalue weighted by Gasteiger charge is 2.27. The molecule has 1 amide bonds. The second kappa shape index (κ2) is 10.4. The molecule has 2 atom stereocenters. The predicted molar refractivity (Wildman–Crippen MR) is 104 cm³/mol. The molecule has 1 N–H and O–H groups in total. The van der Waals surface area contributed by atoms with Crippen LogP contribution in [-0.4, -0.2) is 25.6 Å². The van der Waals surface area contributed by atoms with E-state index in [1.165, 1.54) is 0 Å². The number of benzene rings is 2. The summed E-state index contributed by atoms with van der Waals surface area (Å²) < 4.78 is 10.5. The summed E-state index contributed by atoms with van der Waals surface area (Å²) in [7, 11) is 1.59. The number of esters is 1. The molecule has 0 bridgehead atoms. The molecule has 0 spiro atoms. The quantitative estimate of drug-likeness (QED) is 0.685. The van der Waals surface area contributed by atoms with Gasteiger partial charge in [-0.1, -0.05) is 62.7 Å². The van der Waals surface area contributed by atoms with E-state index in [4.69, 9.17) is 9.47 Å². The van der Waals surface area contributed by atoms with E-state index in [1.54, 1.807) is 7.11 Å². The van der Waals surface area contributed by atoms with Crippen LogP contribution >= 0.6 is 0 Å². The van der Waals surface area contributed by atoms with Gasteiger partial charge in [0.05, 0.1) is 13.0 Å². The molecule has 0 aliphatic heterocycles. The maximum absolute atomic E-state index is 12.6. The van der Waals surface area contributed by atoms with Crippen LogP contribution < -0.4 is 10.1 Å². The molecule has 2 rings (SSSR count). The number of hydrogen-bond donors (Lipinski definition) is 1. The third kappa shape index (κ3) is 6.13. The molecule has 0 aliphatic carbocycles. The van der Waals surface area contributed by atoms with Crippen molar-refractivity contribution in [3.8, 4) is 5.75 Å². The SMILES string of the molecule is CCC(C)C(C(=O)OCC(=O)NCc1cccc(OC)c1)c1ccccc1. The summed E-state index contributed by atoms with van der Waals surface area (Å²) in [6, 6.07) is 17.0. The lowest BCUT2D eigenvalue weighted by molar-refractivity contribution is -0.151. The lowest BCUT2D eigenvalue weighted by Crippen LogP contribution is -2.30. The molecule has 2 aromatic carbocycles. The average molecular weight is 369 g/mol. The van der Waals surface area contributed by atoms with Gasteiger partial charge in [0.25, 0.3) is 5.91 Å². The van der Waals surface area contributed by atoms with Crippen LogP contribution in [0.4, 0.5) is 0 Å². The molecule has 0 heterocycles. The first-order valence-electron chi connectivity index (χ1n) is 9.16. The number of rotatable bonds is 9. The van der Waals surface area contributed by atoms with Crippen molar-refractivity contribution in [2.24, 2.45) is 5.92 Å². The van der Waals surface area contributed by atoms with Gasteiger partial charge >= 0.3 is 5.97 Å². The molecule has 0 radical (unpaired) electrons. The summed E-state index contributed by atoms with van der Waals surface area (Å²) in [6.07, 6.45) is 0.844. The van der Waals surface area contributed by atoms with E-state index in [2.05, 4.69) is 5.32 Å².